The highest BCUT2D eigenvalue weighted by atomic mass is 16.8. The molecule has 1 N–H and O–H groups in total. The van der Waals surface area contributed by atoms with E-state index in [0.717, 1.165) is 6.42 Å². The van der Waals surface area contributed by atoms with E-state index in [2.05, 4.69) is 4.74 Å². The summed E-state index contributed by atoms with van der Waals surface area (Å²) in [5, 5.41) is 8.07. The zero-order chi connectivity index (χ0) is 6.69. The van der Waals surface area contributed by atoms with Gasteiger partial charge in [-0.25, -0.2) is 4.79 Å². The minimum Gasteiger partial charge on any atom is -0.450 e. The molecule has 0 bridgehead atoms. The summed E-state index contributed by atoms with van der Waals surface area (Å²) in [6.07, 6.45) is -0.200. The molecule has 9 heavy (non-hydrogen) atoms. The number of hydrogen-bond donors (Lipinski definition) is 1. The molecule has 1 atom stereocenters. The van der Waals surface area contributed by atoms with Crippen molar-refractivity contribution in [1.29, 1.82) is 0 Å². The maximum absolute atomic E-state index is 9.85. The average Bonchev–Trinajstić information content (AvgIpc) is 2.15. The van der Waals surface area contributed by atoms with E-state index in [9.17, 15) is 4.79 Å². The van der Waals surface area contributed by atoms with Gasteiger partial charge in [0.05, 0.1) is 6.61 Å². The van der Waals surface area contributed by atoms with Crippen molar-refractivity contribution >= 4 is 6.16 Å². The molecule has 0 aliphatic carbocycles. The highest BCUT2D eigenvalue weighted by molar-refractivity contribution is 5.56. The van der Waals surface area contributed by atoms with Gasteiger partial charge in [-0.3, -0.25) is 0 Å². The third-order valence-electron chi connectivity index (χ3n) is 1.12. The van der Waals surface area contributed by atoms with Gasteiger partial charge in [0.25, 0.3) is 0 Å². The molecule has 0 aromatic carbocycles. The molecule has 0 aromatic rings. The fourth-order valence-corrected chi connectivity index (χ4v) is 0.754. The monoisotopic (exact) mass is 132 g/mol. The summed E-state index contributed by atoms with van der Waals surface area (Å²) in [4.78, 5) is 9.85. The summed E-state index contributed by atoms with van der Waals surface area (Å²) in [5.74, 6) is 0. The van der Waals surface area contributed by atoms with E-state index in [4.69, 9.17) is 9.84 Å². The quantitative estimate of drug-likeness (QED) is 0.536. The van der Waals surface area contributed by atoms with Crippen LogP contribution in [0.3, 0.4) is 0 Å². The SMILES string of the molecule is O=C(O)O[C@@H]1CCCO1. The molecule has 4 nitrogen and oxygen atoms in total. The van der Waals surface area contributed by atoms with Gasteiger partial charge in [0.2, 0.25) is 6.29 Å². The summed E-state index contributed by atoms with van der Waals surface area (Å²) in [6.45, 7) is 0.609. The molecule has 0 aromatic heterocycles. The lowest BCUT2D eigenvalue weighted by molar-refractivity contribution is -0.0835. The Kier molecular flexibility index (Phi) is 1.89. The van der Waals surface area contributed by atoms with E-state index >= 15 is 0 Å². The van der Waals surface area contributed by atoms with Crippen LogP contribution in [0.25, 0.3) is 0 Å². The number of carbonyl (C=O) groups is 1. The summed E-state index contributed by atoms with van der Waals surface area (Å²) in [5.41, 5.74) is 0. The van der Waals surface area contributed by atoms with Crippen LogP contribution in [0.2, 0.25) is 0 Å². The van der Waals surface area contributed by atoms with Crippen molar-refractivity contribution in [1.82, 2.24) is 0 Å². The van der Waals surface area contributed by atoms with Crippen LogP contribution >= 0.6 is 0 Å². The maximum Gasteiger partial charge on any atom is 0.508 e. The second kappa shape index (κ2) is 2.68. The molecule has 1 fully saturated rings. The normalized spacial score (nSPS) is 26.0. The molecule has 1 rings (SSSR count). The van der Waals surface area contributed by atoms with Crippen molar-refractivity contribution in [2.75, 3.05) is 6.61 Å². The van der Waals surface area contributed by atoms with E-state index in [1.807, 2.05) is 0 Å². The van der Waals surface area contributed by atoms with Gasteiger partial charge in [-0.15, -0.1) is 0 Å². The van der Waals surface area contributed by atoms with Crippen LogP contribution in [-0.4, -0.2) is 24.2 Å². The van der Waals surface area contributed by atoms with Crippen molar-refractivity contribution < 1.29 is 19.4 Å². The van der Waals surface area contributed by atoms with E-state index < -0.39 is 12.4 Å². The van der Waals surface area contributed by atoms with Crippen LogP contribution in [0.1, 0.15) is 12.8 Å². The van der Waals surface area contributed by atoms with Crippen LogP contribution in [0.5, 0.6) is 0 Å². The first-order chi connectivity index (χ1) is 4.29. The number of ether oxygens (including phenoxy) is 2. The van der Waals surface area contributed by atoms with Gasteiger partial charge in [0, 0.05) is 6.42 Å². The van der Waals surface area contributed by atoms with Crippen LogP contribution < -0.4 is 0 Å². The molecule has 52 valence electrons. The largest absolute Gasteiger partial charge is 0.508 e. The highest BCUT2D eigenvalue weighted by Gasteiger charge is 2.18. The molecule has 1 aliphatic rings. The van der Waals surface area contributed by atoms with Crippen LogP contribution in [0.15, 0.2) is 0 Å². The number of hydrogen-bond acceptors (Lipinski definition) is 3. The first kappa shape index (κ1) is 6.35. The molecule has 4 heteroatoms. The second-order valence-electron chi connectivity index (χ2n) is 1.83. The highest BCUT2D eigenvalue weighted by Crippen LogP contribution is 2.12. The molecule has 1 aliphatic heterocycles. The third-order valence-corrected chi connectivity index (χ3v) is 1.12. The topological polar surface area (TPSA) is 55.8 Å². The van der Waals surface area contributed by atoms with E-state index in [1.54, 1.807) is 0 Å². The van der Waals surface area contributed by atoms with Crippen LogP contribution in [0.4, 0.5) is 4.79 Å². The average molecular weight is 132 g/mol. The fraction of sp³-hybridized carbons (Fsp3) is 0.800. The predicted molar refractivity (Wildman–Crippen MR) is 28.1 cm³/mol. The van der Waals surface area contributed by atoms with Crippen molar-refractivity contribution in [2.24, 2.45) is 0 Å². The minimum atomic E-state index is -1.26. The van der Waals surface area contributed by atoms with Gasteiger partial charge in [-0.2, -0.15) is 0 Å². The minimum absolute atomic E-state index is 0.512. The van der Waals surface area contributed by atoms with Gasteiger partial charge in [-0.1, -0.05) is 0 Å². The molecule has 0 spiro atoms. The lowest BCUT2D eigenvalue weighted by Gasteiger charge is -2.05. The number of rotatable bonds is 1. The Hall–Kier alpha value is -0.770. The predicted octanol–water partition coefficient (Wildman–Crippen LogP) is 0.817. The summed E-state index contributed by atoms with van der Waals surface area (Å²) in [7, 11) is 0. The lowest BCUT2D eigenvalue weighted by atomic mass is 10.4. The Balaban J connectivity index is 2.19. The Bertz CT molecular complexity index is 106. The third kappa shape index (κ3) is 1.89. The fourth-order valence-electron chi connectivity index (χ4n) is 0.754. The number of carboxylic acid groups (broad SMARTS) is 1. The van der Waals surface area contributed by atoms with Crippen molar-refractivity contribution in [3.05, 3.63) is 0 Å². The summed E-state index contributed by atoms with van der Waals surface area (Å²) >= 11 is 0. The molecule has 0 amide bonds. The van der Waals surface area contributed by atoms with Crippen molar-refractivity contribution in [3.63, 3.8) is 0 Å². The smallest absolute Gasteiger partial charge is 0.450 e. The molecule has 1 heterocycles. The van der Waals surface area contributed by atoms with E-state index in [1.165, 1.54) is 0 Å². The van der Waals surface area contributed by atoms with E-state index in [-0.39, 0.29) is 0 Å². The maximum atomic E-state index is 9.85. The Morgan fingerprint density at radius 3 is 3.00 bits per heavy atom. The Morgan fingerprint density at radius 1 is 1.78 bits per heavy atom. The van der Waals surface area contributed by atoms with Gasteiger partial charge in [0.1, 0.15) is 0 Å². The zero-order valence-electron chi connectivity index (χ0n) is 4.87. The Morgan fingerprint density at radius 2 is 2.56 bits per heavy atom. The first-order valence-corrected chi connectivity index (χ1v) is 2.80. The van der Waals surface area contributed by atoms with Crippen LogP contribution in [0, 0.1) is 0 Å². The standard InChI is InChI=1S/C5H8O4/c6-5(7)9-4-2-1-3-8-4/h4H,1-3H2,(H,6,7)/t4-/m1/s1. The van der Waals surface area contributed by atoms with E-state index in [0.29, 0.717) is 13.0 Å². The Labute approximate surface area is 52.4 Å². The van der Waals surface area contributed by atoms with Gasteiger partial charge in [0.15, 0.2) is 0 Å². The molecule has 0 radical (unpaired) electrons. The van der Waals surface area contributed by atoms with Crippen molar-refractivity contribution in [3.8, 4) is 0 Å². The molecular formula is C5H8O4. The van der Waals surface area contributed by atoms with Crippen LogP contribution in [-0.2, 0) is 9.47 Å². The zero-order valence-corrected chi connectivity index (χ0v) is 4.87. The van der Waals surface area contributed by atoms with Gasteiger partial charge >= 0.3 is 6.16 Å². The first-order valence-electron chi connectivity index (χ1n) is 2.80. The molecular weight excluding hydrogens is 124 g/mol. The summed E-state index contributed by atoms with van der Waals surface area (Å²) in [6, 6.07) is 0. The second-order valence-corrected chi connectivity index (χ2v) is 1.83. The van der Waals surface area contributed by atoms with Gasteiger partial charge in [-0.05, 0) is 6.42 Å². The van der Waals surface area contributed by atoms with Gasteiger partial charge < -0.3 is 14.6 Å². The van der Waals surface area contributed by atoms with Crippen molar-refractivity contribution in [2.45, 2.75) is 19.1 Å². The summed E-state index contributed by atoms with van der Waals surface area (Å²) < 4.78 is 9.17. The molecule has 1 saturated heterocycles. The molecule has 0 saturated carbocycles. The lowest BCUT2D eigenvalue weighted by Crippen LogP contribution is -2.14. The molecule has 0 unspecified atom stereocenters.